The number of carbonyl (C=O) groups excluding carboxylic acids is 2. The van der Waals surface area contributed by atoms with Gasteiger partial charge in [-0.05, 0) is 24.3 Å². The van der Waals surface area contributed by atoms with Crippen molar-refractivity contribution in [2.24, 2.45) is 0 Å². The number of ether oxygens (including phenoxy) is 2. The van der Waals surface area contributed by atoms with Gasteiger partial charge in [-0.3, -0.25) is 9.59 Å². The predicted octanol–water partition coefficient (Wildman–Crippen LogP) is 3.54. The number of oxazole rings is 1. The zero-order chi connectivity index (χ0) is 23.7. The molecule has 1 N–H and O–H groups in total. The van der Waals surface area contributed by atoms with Gasteiger partial charge >= 0.3 is 0 Å². The smallest absolute Gasteiger partial charge is 0.277 e. The Balaban J connectivity index is 1.32. The number of benzene rings is 2. The molecule has 2 aliphatic heterocycles. The number of hydrogen-bond acceptors (Lipinski definition) is 7. The molecule has 2 amide bonds. The Bertz CT molecular complexity index is 1240. The molecule has 0 radical (unpaired) electrons. The molecule has 9 heteroatoms. The molecule has 34 heavy (non-hydrogen) atoms. The van der Waals surface area contributed by atoms with E-state index in [2.05, 4.69) is 10.3 Å². The van der Waals surface area contributed by atoms with Crippen LogP contribution in [0.3, 0.4) is 0 Å². The molecular weight excluding hydrogens is 454 g/mol. The SMILES string of the molecule is COc1cccc(-c2oc(C)nc2C(=O)N2CCSC2CNC(=O)c2cccc3c2CCO3)c1. The number of aryl methyl sites for hydroxylation is 1. The van der Waals surface area contributed by atoms with Crippen molar-refractivity contribution in [3.8, 4) is 22.8 Å². The zero-order valence-electron chi connectivity index (χ0n) is 19.0. The fourth-order valence-corrected chi connectivity index (χ4v) is 5.46. The molecule has 3 heterocycles. The van der Waals surface area contributed by atoms with Crippen LogP contribution in [0.2, 0.25) is 0 Å². The maximum absolute atomic E-state index is 13.5. The number of carbonyl (C=O) groups is 2. The van der Waals surface area contributed by atoms with Gasteiger partial charge in [0, 0.05) is 48.9 Å². The number of nitrogens with one attached hydrogen (secondary N) is 1. The molecule has 176 valence electrons. The molecule has 1 atom stereocenters. The summed E-state index contributed by atoms with van der Waals surface area (Å²) in [7, 11) is 1.59. The molecule has 1 saturated heterocycles. The van der Waals surface area contributed by atoms with Crippen LogP contribution < -0.4 is 14.8 Å². The Morgan fingerprint density at radius 2 is 2.12 bits per heavy atom. The molecule has 5 rings (SSSR count). The van der Waals surface area contributed by atoms with E-state index in [1.165, 1.54) is 0 Å². The molecule has 0 saturated carbocycles. The van der Waals surface area contributed by atoms with Crippen molar-refractivity contribution in [1.29, 1.82) is 0 Å². The number of rotatable bonds is 6. The van der Waals surface area contributed by atoms with Gasteiger partial charge in [0.15, 0.2) is 17.3 Å². The van der Waals surface area contributed by atoms with E-state index in [1.54, 1.807) is 30.7 Å². The van der Waals surface area contributed by atoms with Crippen LogP contribution in [0.5, 0.6) is 11.5 Å². The third-order valence-corrected chi connectivity index (χ3v) is 7.17. The van der Waals surface area contributed by atoms with Gasteiger partial charge in [0.25, 0.3) is 11.8 Å². The summed E-state index contributed by atoms with van der Waals surface area (Å²) in [6.07, 6.45) is 0.722. The van der Waals surface area contributed by atoms with E-state index in [0.717, 1.165) is 29.1 Å². The average molecular weight is 480 g/mol. The molecular formula is C25H25N3O5S. The number of fused-ring (bicyclic) bond motifs is 1. The van der Waals surface area contributed by atoms with Gasteiger partial charge in [-0.2, -0.15) is 0 Å². The molecule has 1 aromatic heterocycles. The Kier molecular flexibility index (Phi) is 6.19. The van der Waals surface area contributed by atoms with Gasteiger partial charge in [-0.15, -0.1) is 11.8 Å². The van der Waals surface area contributed by atoms with Crippen molar-refractivity contribution in [3.05, 3.63) is 65.2 Å². The summed E-state index contributed by atoms with van der Waals surface area (Å²) in [4.78, 5) is 32.6. The normalized spacial score (nSPS) is 16.8. The minimum atomic E-state index is -0.215. The van der Waals surface area contributed by atoms with E-state index in [9.17, 15) is 9.59 Å². The first-order valence-electron chi connectivity index (χ1n) is 11.1. The summed E-state index contributed by atoms with van der Waals surface area (Å²) in [5, 5.41) is 2.81. The maximum Gasteiger partial charge on any atom is 0.277 e. The van der Waals surface area contributed by atoms with E-state index in [0.29, 0.717) is 42.7 Å². The number of aromatic nitrogens is 1. The first-order chi connectivity index (χ1) is 16.5. The molecule has 1 unspecified atom stereocenters. The number of hydrogen-bond donors (Lipinski definition) is 1. The number of nitrogens with zero attached hydrogens (tertiary/aromatic N) is 2. The Morgan fingerprint density at radius 3 is 2.97 bits per heavy atom. The Labute approximate surface area is 201 Å². The second kappa shape index (κ2) is 9.42. The molecule has 0 aliphatic carbocycles. The lowest BCUT2D eigenvalue weighted by atomic mass is 10.0. The van der Waals surface area contributed by atoms with Crippen molar-refractivity contribution in [1.82, 2.24) is 15.2 Å². The van der Waals surface area contributed by atoms with Crippen LogP contribution in [0.15, 0.2) is 46.9 Å². The summed E-state index contributed by atoms with van der Waals surface area (Å²) in [6, 6.07) is 12.9. The zero-order valence-corrected chi connectivity index (χ0v) is 19.8. The lowest BCUT2D eigenvalue weighted by Gasteiger charge is -2.23. The molecule has 0 spiro atoms. The second-order valence-corrected chi connectivity index (χ2v) is 9.34. The van der Waals surface area contributed by atoms with E-state index >= 15 is 0 Å². The monoisotopic (exact) mass is 479 g/mol. The van der Waals surface area contributed by atoms with Crippen molar-refractivity contribution in [2.45, 2.75) is 18.7 Å². The first-order valence-corrected chi connectivity index (χ1v) is 12.2. The standard InChI is InChI=1S/C25H25N3O5S/c1-15-27-22(23(33-15)16-5-3-6-17(13-16)31-2)25(30)28-10-12-34-21(28)14-26-24(29)19-7-4-8-20-18(19)9-11-32-20/h3-8,13,21H,9-12,14H2,1-2H3,(H,26,29). The quantitative estimate of drug-likeness (QED) is 0.578. The number of methoxy groups -OCH3 is 1. The summed E-state index contributed by atoms with van der Waals surface area (Å²) < 4.78 is 16.7. The van der Waals surface area contributed by atoms with E-state index in [-0.39, 0.29) is 22.9 Å². The fourth-order valence-electron chi connectivity index (χ4n) is 4.30. The molecule has 2 aromatic carbocycles. The van der Waals surface area contributed by atoms with Crippen LogP contribution in [0.1, 0.15) is 32.3 Å². The highest BCUT2D eigenvalue weighted by molar-refractivity contribution is 8.00. The van der Waals surface area contributed by atoms with Gasteiger partial charge < -0.3 is 24.1 Å². The molecule has 8 nitrogen and oxygen atoms in total. The summed E-state index contributed by atoms with van der Waals surface area (Å²) in [5.74, 6) is 2.68. The summed E-state index contributed by atoms with van der Waals surface area (Å²) >= 11 is 1.64. The first kappa shape index (κ1) is 22.3. The van der Waals surface area contributed by atoms with Crippen LogP contribution in [-0.2, 0) is 6.42 Å². The average Bonchev–Trinajstić information content (AvgIpc) is 3.61. The van der Waals surface area contributed by atoms with Crippen LogP contribution >= 0.6 is 11.8 Å². The summed E-state index contributed by atoms with van der Waals surface area (Å²) in [6.45, 7) is 3.22. The van der Waals surface area contributed by atoms with Crippen LogP contribution in [-0.4, -0.2) is 59.6 Å². The maximum atomic E-state index is 13.5. The second-order valence-electron chi connectivity index (χ2n) is 8.06. The molecule has 0 bridgehead atoms. The van der Waals surface area contributed by atoms with Crippen LogP contribution in [0, 0.1) is 6.92 Å². The van der Waals surface area contributed by atoms with E-state index < -0.39 is 0 Å². The molecule has 1 fully saturated rings. The largest absolute Gasteiger partial charge is 0.497 e. The van der Waals surface area contributed by atoms with Crippen LogP contribution in [0.4, 0.5) is 0 Å². The van der Waals surface area contributed by atoms with Gasteiger partial charge in [0.1, 0.15) is 11.5 Å². The van der Waals surface area contributed by atoms with Gasteiger partial charge in [-0.1, -0.05) is 18.2 Å². The minimum absolute atomic E-state index is 0.156. The van der Waals surface area contributed by atoms with Crippen molar-refractivity contribution in [3.63, 3.8) is 0 Å². The Hall–Kier alpha value is -3.46. The highest BCUT2D eigenvalue weighted by Gasteiger charge is 2.34. The third-order valence-electron chi connectivity index (χ3n) is 5.94. The van der Waals surface area contributed by atoms with Crippen LogP contribution in [0.25, 0.3) is 11.3 Å². The summed E-state index contributed by atoms with van der Waals surface area (Å²) in [5.41, 5.74) is 2.55. The third kappa shape index (κ3) is 4.23. The lowest BCUT2D eigenvalue weighted by Crippen LogP contribution is -2.42. The van der Waals surface area contributed by atoms with E-state index in [4.69, 9.17) is 13.9 Å². The predicted molar refractivity (Wildman–Crippen MR) is 128 cm³/mol. The van der Waals surface area contributed by atoms with Gasteiger partial charge in [-0.25, -0.2) is 4.98 Å². The lowest BCUT2D eigenvalue weighted by molar-refractivity contribution is 0.0746. The van der Waals surface area contributed by atoms with Gasteiger partial charge in [0.05, 0.1) is 19.1 Å². The fraction of sp³-hybridized carbons (Fsp3) is 0.320. The number of thioether (sulfide) groups is 1. The topological polar surface area (TPSA) is 93.9 Å². The van der Waals surface area contributed by atoms with E-state index in [1.807, 2.05) is 42.5 Å². The molecule has 3 aromatic rings. The van der Waals surface area contributed by atoms with Crippen molar-refractivity contribution >= 4 is 23.6 Å². The van der Waals surface area contributed by atoms with Crippen molar-refractivity contribution in [2.75, 3.05) is 32.6 Å². The highest BCUT2D eigenvalue weighted by Crippen LogP contribution is 2.32. The number of amides is 2. The highest BCUT2D eigenvalue weighted by atomic mass is 32.2. The Morgan fingerprint density at radius 1 is 1.26 bits per heavy atom. The minimum Gasteiger partial charge on any atom is -0.497 e. The van der Waals surface area contributed by atoms with Crippen molar-refractivity contribution < 1.29 is 23.5 Å². The van der Waals surface area contributed by atoms with Gasteiger partial charge in [0.2, 0.25) is 0 Å². The molecule has 2 aliphatic rings.